The molecule has 0 saturated carbocycles. The SMILES string of the molecule is CC(C)(CO)C(O)C(=O)NCCC(=O)O.CCCCN(CCO)CCO. The summed E-state index contributed by atoms with van der Waals surface area (Å²) >= 11 is 0. The van der Waals surface area contributed by atoms with Crippen molar-refractivity contribution in [1.82, 2.24) is 10.2 Å². The van der Waals surface area contributed by atoms with Gasteiger partial charge in [-0.2, -0.15) is 0 Å². The summed E-state index contributed by atoms with van der Waals surface area (Å²) in [6, 6.07) is 0. The van der Waals surface area contributed by atoms with Gasteiger partial charge in [0.1, 0.15) is 6.10 Å². The second-order valence-corrected chi connectivity index (χ2v) is 6.63. The number of aliphatic carboxylic acids is 1. The molecule has 0 rings (SSSR count). The molecular formula is C17H36N2O7. The number of carboxylic acids is 1. The Bertz CT molecular complexity index is 372. The van der Waals surface area contributed by atoms with Gasteiger partial charge in [0.25, 0.3) is 0 Å². The smallest absolute Gasteiger partial charge is 0.305 e. The zero-order chi connectivity index (χ0) is 20.6. The highest BCUT2D eigenvalue weighted by Crippen LogP contribution is 2.19. The van der Waals surface area contributed by atoms with E-state index >= 15 is 0 Å². The number of amides is 1. The molecule has 0 radical (unpaired) electrons. The normalized spacial score (nSPS) is 12.3. The lowest BCUT2D eigenvalue weighted by Gasteiger charge is -2.26. The second kappa shape index (κ2) is 16.0. The first-order valence-corrected chi connectivity index (χ1v) is 8.88. The van der Waals surface area contributed by atoms with E-state index in [2.05, 4.69) is 17.1 Å². The molecule has 6 N–H and O–H groups in total. The van der Waals surface area contributed by atoms with Gasteiger partial charge in [0.05, 0.1) is 26.2 Å². The summed E-state index contributed by atoms with van der Waals surface area (Å²) in [5.74, 6) is -1.69. The van der Waals surface area contributed by atoms with Crippen LogP contribution in [0.1, 0.15) is 40.0 Å². The zero-order valence-electron chi connectivity index (χ0n) is 16.1. The number of carboxylic acid groups (broad SMARTS) is 1. The van der Waals surface area contributed by atoms with Crippen LogP contribution in [0.25, 0.3) is 0 Å². The fraction of sp³-hybridized carbons (Fsp3) is 0.882. The maximum absolute atomic E-state index is 11.3. The van der Waals surface area contributed by atoms with Crippen LogP contribution in [0.5, 0.6) is 0 Å². The lowest BCUT2D eigenvalue weighted by Crippen LogP contribution is -2.45. The fourth-order valence-corrected chi connectivity index (χ4v) is 1.83. The third-order valence-electron chi connectivity index (χ3n) is 3.69. The number of aliphatic hydroxyl groups is 4. The highest BCUT2D eigenvalue weighted by atomic mass is 16.4. The van der Waals surface area contributed by atoms with E-state index in [1.54, 1.807) is 0 Å². The minimum Gasteiger partial charge on any atom is -0.481 e. The molecule has 156 valence electrons. The Kier molecular flexibility index (Phi) is 16.5. The van der Waals surface area contributed by atoms with Gasteiger partial charge in [-0.05, 0) is 13.0 Å². The molecule has 0 aromatic carbocycles. The van der Waals surface area contributed by atoms with Crippen LogP contribution in [0.15, 0.2) is 0 Å². The van der Waals surface area contributed by atoms with E-state index < -0.39 is 23.4 Å². The lowest BCUT2D eigenvalue weighted by atomic mass is 9.87. The van der Waals surface area contributed by atoms with Gasteiger partial charge in [0, 0.05) is 25.0 Å². The number of aliphatic hydroxyl groups excluding tert-OH is 4. The Morgan fingerprint density at radius 2 is 1.62 bits per heavy atom. The van der Waals surface area contributed by atoms with E-state index in [-0.39, 0.29) is 32.8 Å². The van der Waals surface area contributed by atoms with Crippen molar-refractivity contribution < 1.29 is 35.1 Å². The van der Waals surface area contributed by atoms with Crippen LogP contribution in [-0.4, -0.2) is 94.4 Å². The van der Waals surface area contributed by atoms with Gasteiger partial charge in [-0.25, -0.2) is 0 Å². The van der Waals surface area contributed by atoms with Crippen LogP contribution >= 0.6 is 0 Å². The van der Waals surface area contributed by atoms with E-state index in [0.717, 1.165) is 19.4 Å². The molecule has 0 saturated heterocycles. The van der Waals surface area contributed by atoms with Crippen molar-refractivity contribution in [3.8, 4) is 0 Å². The van der Waals surface area contributed by atoms with Crippen LogP contribution in [-0.2, 0) is 9.59 Å². The van der Waals surface area contributed by atoms with E-state index in [0.29, 0.717) is 13.1 Å². The number of hydrogen-bond acceptors (Lipinski definition) is 7. The monoisotopic (exact) mass is 380 g/mol. The van der Waals surface area contributed by atoms with Crippen molar-refractivity contribution >= 4 is 11.9 Å². The second-order valence-electron chi connectivity index (χ2n) is 6.63. The molecule has 0 aromatic rings. The van der Waals surface area contributed by atoms with E-state index in [4.69, 9.17) is 20.4 Å². The zero-order valence-corrected chi connectivity index (χ0v) is 16.1. The van der Waals surface area contributed by atoms with Crippen molar-refractivity contribution in [3.63, 3.8) is 0 Å². The number of nitrogens with one attached hydrogen (secondary N) is 1. The number of carbonyl (C=O) groups is 2. The van der Waals surface area contributed by atoms with Gasteiger partial charge in [-0.3, -0.25) is 14.5 Å². The summed E-state index contributed by atoms with van der Waals surface area (Å²) in [5, 5.41) is 46.3. The standard InChI is InChI=1S/C9H17NO5.C8H19NO2/c1-9(2,5-11)7(14)8(15)10-4-3-6(12)13;1-2-3-4-9(5-7-10)6-8-11/h7,11,14H,3-5H2,1-2H3,(H,10,15)(H,12,13);10-11H,2-8H2,1H3. The van der Waals surface area contributed by atoms with E-state index in [1.807, 2.05) is 0 Å². The Hall–Kier alpha value is -1.26. The molecule has 1 atom stereocenters. The molecule has 0 aliphatic rings. The van der Waals surface area contributed by atoms with Crippen LogP contribution < -0.4 is 5.32 Å². The van der Waals surface area contributed by atoms with Crippen molar-refractivity contribution in [1.29, 1.82) is 0 Å². The molecule has 9 nitrogen and oxygen atoms in total. The minimum absolute atomic E-state index is 0.0350. The average molecular weight is 380 g/mol. The molecule has 1 amide bonds. The average Bonchev–Trinajstić information content (AvgIpc) is 2.59. The first-order chi connectivity index (χ1) is 12.2. The topological polar surface area (TPSA) is 151 Å². The van der Waals surface area contributed by atoms with Crippen LogP contribution in [0.3, 0.4) is 0 Å². The predicted octanol–water partition coefficient (Wildman–Crippen LogP) is -0.970. The number of nitrogens with zero attached hydrogens (tertiary/aromatic N) is 1. The third kappa shape index (κ3) is 14.0. The van der Waals surface area contributed by atoms with Gasteiger partial charge in [-0.15, -0.1) is 0 Å². The van der Waals surface area contributed by atoms with Gasteiger partial charge in [-0.1, -0.05) is 27.2 Å². The number of carbonyl (C=O) groups excluding carboxylic acids is 1. The van der Waals surface area contributed by atoms with E-state index in [9.17, 15) is 14.7 Å². The number of rotatable bonds is 13. The first-order valence-electron chi connectivity index (χ1n) is 8.88. The largest absolute Gasteiger partial charge is 0.481 e. The van der Waals surface area contributed by atoms with Gasteiger partial charge in [0.15, 0.2) is 0 Å². The highest BCUT2D eigenvalue weighted by molar-refractivity contribution is 5.81. The third-order valence-corrected chi connectivity index (χ3v) is 3.69. The van der Waals surface area contributed by atoms with Crippen molar-refractivity contribution in [2.45, 2.75) is 46.1 Å². The summed E-state index contributed by atoms with van der Waals surface area (Å²) in [4.78, 5) is 23.5. The van der Waals surface area contributed by atoms with Crippen LogP contribution in [0.2, 0.25) is 0 Å². The lowest BCUT2D eigenvalue weighted by molar-refractivity contribution is -0.138. The number of unbranched alkanes of at least 4 members (excludes halogenated alkanes) is 1. The van der Waals surface area contributed by atoms with Crippen molar-refractivity contribution in [2.24, 2.45) is 5.41 Å². The van der Waals surface area contributed by atoms with Crippen LogP contribution in [0, 0.1) is 5.41 Å². The molecule has 0 aromatic heterocycles. The van der Waals surface area contributed by atoms with E-state index in [1.165, 1.54) is 13.8 Å². The first kappa shape index (κ1) is 27.0. The number of hydrogen-bond donors (Lipinski definition) is 6. The molecule has 0 bridgehead atoms. The van der Waals surface area contributed by atoms with Gasteiger partial charge < -0.3 is 30.8 Å². The Balaban J connectivity index is 0. The molecule has 26 heavy (non-hydrogen) atoms. The summed E-state index contributed by atoms with van der Waals surface area (Å²) in [6.45, 7) is 7.55. The Morgan fingerprint density at radius 3 is 2.00 bits per heavy atom. The van der Waals surface area contributed by atoms with Gasteiger partial charge in [0.2, 0.25) is 5.91 Å². The quantitative estimate of drug-likeness (QED) is 0.239. The van der Waals surface area contributed by atoms with Crippen molar-refractivity contribution in [2.75, 3.05) is 46.0 Å². The molecular weight excluding hydrogens is 344 g/mol. The maximum Gasteiger partial charge on any atom is 0.305 e. The minimum atomic E-state index is -1.35. The fourth-order valence-electron chi connectivity index (χ4n) is 1.83. The molecule has 0 fully saturated rings. The molecule has 0 heterocycles. The summed E-state index contributed by atoms with van der Waals surface area (Å²) in [7, 11) is 0. The molecule has 1 unspecified atom stereocenters. The molecule has 9 heteroatoms. The Labute approximate surface area is 155 Å². The predicted molar refractivity (Wildman–Crippen MR) is 97.7 cm³/mol. The van der Waals surface area contributed by atoms with Crippen LogP contribution in [0.4, 0.5) is 0 Å². The maximum atomic E-state index is 11.3. The molecule has 0 aliphatic heterocycles. The molecule has 0 aliphatic carbocycles. The van der Waals surface area contributed by atoms with Gasteiger partial charge >= 0.3 is 5.97 Å². The van der Waals surface area contributed by atoms with Crippen molar-refractivity contribution in [3.05, 3.63) is 0 Å². The highest BCUT2D eigenvalue weighted by Gasteiger charge is 2.32. The summed E-state index contributed by atoms with van der Waals surface area (Å²) in [5.41, 5.74) is -0.937. The Morgan fingerprint density at radius 1 is 1.08 bits per heavy atom. The molecule has 0 spiro atoms. The summed E-state index contributed by atoms with van der Waals surface area (Å²) < 4.78 is 0. The summed E-state index contributed by atoms with van der Waals surface area (Å²) in [6.07, 6.45) is 0.752.